The molecule has 150 valence electrons. The van der Waals surface area contributed by atoms with Crippen LogP contribution in [0.1, 0.15) is 24.5 Å². The number of aromatic nitrogens is 2. The van der Waals surface area contributed by atoms with Crippen LogP contribution in [-0.2, 0) is 11.3 Å². The van der Waals surface area contributed by atoms with Crippen LogP contribution in [0.15, 0.2) is 42.7 Å². The quantitative estimate of drug-likeness (QED) is 0.440. The molecule has 2 aromatic heterocycles. The first-order chi connectivity index (χ1) is 14.2. The lowest BCUT2D eigenvalue weighted by molar-refractivity contribution is 0.157. The van der Waals surface area contributed by atoms with Gasteiger partial charge in [0, 0.05) is 39.9 Å². The first kappa shape index (κ1) is 19.7. The number of aliphatic hydroxyl groups is 1. The van der Waals surface area contributed by atoms with Gasteiger partial charge in [0.25, 0.3) is 0 Å². The Bertz CT molecular complexity index is 1200. The van der Waals surface area contributed by atoms with Crippen LogP contribution < -0.4 is 0 Å². The fourth-order valence-electron chi connectivity index (χ4n) is 3.97. The van der Waals surface area contributed by atoms with Gasteiger partial charge in [0.1, 0.15) is 6.61 Å². The summed E-state index contributed by atoms with van der Waals surface area (Å²) in [6.07, 6.45) is 4.23. The third kappa shape index (κ3) is 3.36. The normalized spacial score (nSPS) is 11.6. The smallest absolute Gasteiger partial charge is 0.419 e. The van der Waals surface area contributed by atoms with Gasteiger partial charge >= 0.3 is 6.09 Å². The van der Waals surface area contributed by atoms with Gasteiger partial charge in [-0.1, -0.05) is 25.1 Å². The zero-order valence-electron chi connectivity index (χ0n) is 16.6. The highest BCUT2D eigenvalue weighted by Gasteiger charge is 2.23. The van der Waals surface area contributed by atoms with E-state index in [2.05, 4.69) is 11.9 Å². The third-order valence-corrected chi connectivity index (χ3v) is 6.38. The largest absolute Gasteiger partial charge is 0.448 e. The van der Waals surface area contributed by atoms with Gasteiger partial charge in [0.2, 0.25) is 0 Å². The number of aryl methyl sites for hydroxylation is 1. The monoisotopic (exact) mass is 408 g/mol. The van der Waals surface area contributed by atoms with E-state index < -0.39 is 6.09 Å². The van der Waals surface area contributed by atoms with E-state index in [1.165, 1.54) is 0 Å². The number of nitrogens with zero attached hydrogens (tertiary/aromatic N) is 2. The number of fused-ring (bicyclic) bond motifs is 4. The number of aliphatic hydroxyl groups excluding tert-OH is 1. The summed E-state index contributed by atoms with van der Waals surface area (Å²) in [6, 6.07) is 9.70. The van der Waals surface area contributed by atoms with Gasteiger partial charge in [0.15, 0.2) is 0 Å². The van der Waals surface area contributed by atoms with Crippen molar-refractivity contribution >= 4 is 50.4 Å². The Hall–Kier alpha value is -2.57. The summed E-state index contributed by atoms with van der Waals surface area (Å²) in [6.45, 7) is 4.36. The van der Waals surface area contributed by atoms with Crippen molar-refractivity contribution in [2.75, 3.05) is 18.1 Å². The predicted molar refractivity (Wildman–Crippen MR) is 120 cm³/mol. The molecule has 2 heterocycles. The number of ether oxygens (including phenoxy) is 1. The van der Waals surface area contributed by atoms with E-state index >= 15 is 0 Å². The number of thioether (sulfide) groups is 1. The van der Waals surface area contributed by atoms with Crippen LogP contribution in [0.3, 0.4) is 0 Å². The summed E-state index contributed by atoms with van der Waals surface area (Å²) in [7, 11) is 0. The second-order valence-electron chi connectivity index (χ2n) is 6.99. The number of rotatable bonds is 6. The van der Waals surface area contributed by atoms with Crippen LogP contribution in [0.2, 0.25) is 0 Å². The Morgan fingerprint density at radius 2 is 2.00 bits per heavy atom. The zero-order chi connectivity index (χ0) is 20.4. The summed E-state index contributed by atoms with van der Waals surface area (Å²) >= 11 is 1.78. The molecule has 0 spiro atoms. The number of hydrogen-bond acceptors (Lipinski definition) is 5. The molecule has 4 aromatic rings. The number of pyridine rings is 1. The second kappa shape index (κ2) is 8.43. The van der Waals surface area contributed by atoms with E-state index in [1.807, 2.05) is 43.5 Å². The van der Waals surface area contributed by atoms with Gasteiger partial charge in [-0.3, -0.25) is 4.98 Å². The summed E-state index contributed by atoms with van der Waals surface area (Å²) in [5, 5.41) is 14.1. The lowest BCUT2D eigenvalue weighted by Crippen LogP contribution is -2.16. The maximum atomic E-state index is 13.1. The molecule has 0 aliphatic rings. The summed E-state index contributed by atoms with van der Waals surface area (Å²) in [4.78, 5) is 17.4. The predicted octanol–water partition coefficient (Wildman–Crippen LogP) is 5.27. The van der Waals surface area contributed by atoms with Crippen molar-refractivity contribution in [2.24, 2.45) is 0 Å². The van der Waals surface area contributed by atoms with Gasteiger partial charge in [-0.05, 0) is 42.2 Å². The van der Waals surface area contributed by atoms with Crippen molar-refractivity contribution < 1.29 is 14.6 Å². The summed E-state index contributed by atoms with van der Waals surface area (Å²) in [5.74, 6) is 1.83. The van der Waals surface area contributed by atoms with Crippen molar-refractivity contribution in [3.8, 4) is 0 Å². The van der Waals surface area contributed by atoms with Gasteiger partial charge in [-0.2, -0.15) is 11.8 Å². The lowest BCUT2D eigenvalue weighted by atomic mass is 9.96. The average molecular weight is 409 g/mol. The minimum atomic E-state index is -0.407. The topological polar surface area (TPSA) is 64.4 Å². The highest BCUT2D eigenvalue weighted by atomic mass is 32.2. The average Bonchev–Trinajstić information content (AvgIpc) is 3.09. The van der Waals surface area contributed by atoms with Crippen molar-refractivity contribution in [1.82, 2.24) is 9.55 Å². The van der Waals surface area contributed by atoms with Crippen molar-refractivity contribution in [2.45, 2.75) is 26.9 Å². The third-order valence-electron chi connectivity index (χ3n) is 5.23. The molecular formula is C23H24N2O3S. The fourth-order valence-corrected chi connectivity index (χ4v) is 4.67. The molecule has 0 saturated heterocycles. The van der Waals surface area contributed by atoms with Crippen LogP contribution in [0.4, 0.5) is 4.79 Å². The molecular weight excluding hydrogens is 384 g/mol. The van der Waals surface area contributed by atoms with E-state index in [9.17, 15) is 9.90 Å². The van der Waals surface area contributed by atoms with Crippen molar-refractivity contribution in [1.29, 1.82) is 0 Å². The van der Waals surface area contributed by atoms with E-state index in [0.717, 1.165) is 61.6 Å². The van der Waals surface area contributed by atoms with Gasteiger partial charge in [-0.15, -0.1) is 0 Å². The van der Waals surface area contributed by atoms with Crippen molar-refractivity contribution in [3.05, 3.63) is 53.9 Å². The molecule has 0 atom stereocenters. The lowest BCUT2D eigenvalue weighted by Gasteiger charge is -2.13. The van der Waals surface area contributed by atoms with Crippen LogP contribution in [-0.4, -0.2) is 38.9 Å². The zero-order valence-corrected chi connectivity index (χ0v) is 17.5. The molecule has 0 amide bonds. The summed E-state index contributed by atoms with van der Waals surface area (Å²) in [5.41, 5.74) is 3.27. The molecule has 5 nitrogen and oxygen atoms in total. The van der Waals surface area contributed by atoms with Crippen LogP contribution in [0.5, 0.6) is 0 Å². The number of benzene rings is 2. The fraction of sp³-hybridized carbons (Fsp3) is 0.304. The molecule has 0 fully saturated rings. The first-order valence-electron chi connectivity index (χ1n) is 9.83. The molecule has 2 aromatic carbocycles. The Balaban J connectivity index is 1.94. The molecule has 0 unspecified atom stereocenters. The molecule has 1 N–H and O–H groups in total. The maximum absolute atomic E-state index is 13.1. The van der Waals surface area contributed by atoms with Gasteiger partial charge in [0.05, 0.1) is 17.6 Å². The minimum absolute atomic E-state index is 0.173. The molecule has 6 heteroatoms. The molecule has 0 aliphatic heterocycles. The van der Waals surface area contributed by atoms with E-state index in [4.69, 9.17) is 4.74 Å². The second-order valence-corrected chi connectivity index (χ2v) is 8.21. The van der Waals surface area contributed by atoms with Gasteiger partial charge in [-0.25, -0.2) is 9.36 Å². The Morgan fingerprint density at radius 3 is 2.79 bits per heavy atom. The standard InChI is InChI=1S/C23H24N2O3S/c1-3-11-29-12-10-28-23(27)25-20-7-5-4-6-17(20)21-15(2)18-13-24-9-8-16(18)19(14-26)22(21)25/h4-9,13,26H,3,10-12,14H2,1-2H3. The molecule has 4 rings (SSSR count). The van der Waals surface area contributed by atoms with Crippen molar-refractivity contribution in [3.63, 3.8) is 0 Å². The van der Waals surface area contributed by atoms with Crippen LogP contribution >= 0.6 is 11.8 Å². The number of para-hydroxylation sites is 1. The number of carbonyl (C=O) groups excluding carboxylic acids is 1. The SMILES string of the molecule is CCCSCCOC(=O)n1c2ccccc2c2c(C)c3cnccc3c(CO)c21. The maximum Gasteiger partial charge on any atom is 0.419 e. The highest BCUT2D eigenvalue weighted by molar-refractivity contribution is 7.99. The van der Waals surface area contributed by atoms with E-state index in [0.29, 0.717) is 6.61 Å². The number of hydrogen-bond donors (Lipinski definition) is 1. The minimum Gasteiger partial charge on any atom is -0.448 e. The number of carbonyl (C=O) groups is 1. The molecule has 0 radical (unpaired) electrons. The molecule has 29 heavy (non-hydrogen) atoms. The highest BCUT2D eigenvalue weighted by Crippen LogP contribution is 2.38. The van der Waals surface area contributed by atoms with E-state index in [-0.39, 0.29) is 6.61 Å². The first-order valence-corrected chi connectivity index (χ1v) is 11.0. The molecule has 0 aliphatic carbocycles. The molecule has 0 bridgehead atoms. The Kier molecular flexibility index (Phi) is 5.74. The van der Waals surface area contributed by atoms with Crippen LogP contribution in [0.25, 0.3) is 32.6 Å². The van der Waals surface area contributed by atoms with Crippen LogP contribution in [0, 0.1) is 6.92 Å². The Labute approximate surface area is 173 Å². The molecule has 0 saturated carbocycles. The van der Waals surface area contributed by atoms with Gasteiger partial charge < -0.3 is 9.84 Å². The van der Waals surface area contributed by atoms with E-state index in [1.54, 1.807) is 22.5 Å². The summed E-state index contributed by atoms with van der Waals surface area (Å²) < 4.78 is 7.23. The Morgan fingerprint density at radius 1 is 1.17 bits per heavy atom.